The zero-order chi connectivity index (χ0) is 10.1. The highest BCUT2D eigenvalue weighted by atomic mass is 35.5. The van der Waals surface area contributed by atoms with Crippen LogP contribution in [0, 0.1) is 6.92 Å². The van der Waals surface area contributed by atoms with Crippen LogP contribution in [0.25, 0.3) is 10.4 Å². The van der Waals surface area contributed by atoms with Crippen molar-refractivity contribution >= 4 is 35.1 Å². The quantitative estimate of drug-likeness (QED) is 0.752. The molecule has 1 heterocycles. The van der Waals surface area contributed by atoms with E-state index in [1.54, 1.807) is 17.4 Å². The molecule has 0 unspecified atom stereocenters. The number of thiophene rings is 1. The molecule has 0 fully saturated rings. The lowest BCUT2D eigenvalue weighted by Gasteiger charge is -2.05. The molecule has 0 aliphatic carbocycles. The summed E-state index contributed by atoms with van der Waals surface area (Å²) < 4.78 is 0. The molecule has 0 saturated heterocycles. The molecule has 4 heteroatoms. The molecule has 0 radical (unpaired) electrons. The summed E-state index contributed by atoms with van der Waals surface area (Å²) in [5.74, 6) is 0. The lowest BCUT2D eigenvalue weighted by Crippen LogP contribution is -1.92. The Bertz CT molecular complexity index is 465. The first-order valence-corrected chi connectivity index (χ1v) is 5.26. The first-order chi connectivity index (χ1) is 6.68. The molecular weight excluding hydrogens is 228 g/mol. The van der Waals surface area contributed by atoms with Gasteiger partial charge in [-0.25, -0.2) is 0 Å². The van der Waals surface area contributed by atoms with E-state index < -0.39 is 0 Å². The van der Waals surface area contributed by atoms with Crippen molar-refractivity contribution in [3.8, 4) is 10.4 Å². The van der Waals surface area contributed by atoms with Crippen molar-refractivity contribution in [2.24, 2.45) is 0 Å². The number of halogens is 1. The highest BCUT2D eigenvalue weighted by Gasteiger charge is 2.06. The predicted molar refractivity (Wildman–Crippen MR) is 70.6 cm³/mol. The first-order valence-electron chi connectivity index (χ1n) is 4.38. The van der Waals surface area contributed by atoms with Gasteiger partial charge in [-0.1, -0.05) is 0 Å². The van der Waals surface area contributed by atoms with Gasteiger partial charge < -0.3 is 11.5 Å². The van der Waals surface area contributed by atoms with Crippen molar-refractivity contribution in [3.05, 3.63) is 35.2 Å². The third-order valence-electron chi connectivity index (χ3n) is 2.18. The van der Waals surface area contributed by atoms with Crippen LogP contribution in [-0.2, 0) is 0 Å². The second-order valence-electron chi connectivity index (χ2n) is 3.28. The van der Waals surface area contributed by atoms with Gasteiger partial charge in [0.1, 0.15) is 0 Å². The van der Waals surface area contributed by atoms with Gasteiger partial charge in [0.05, 0.1) is 0 Å². The van der Waals surface area contributed by atoms with Gasteiger partial charge in [0, 0.05) is 21.8 Å². The lowest BCUT2D eigenvalue weighted by molar-refractivity contribution is 1.53. The second kappa shape index (κ2) is 4.55. The van der Waals surface area contributed by atoms with E-state index in [-0.39, 0.29) is 12.4 Å². The molecule has 0 aliphatic heterocycles. The van der Waals surface area contributed by atoms with E-state index in [0.717, 1.165) is 11.3 Å². The Kier molecular flexibility index (Phi) is 3.61. The summed E-state index contributed by atoms with van der Waals surface area (Å²) in [5.41, 5.74) is 15.3. The molecule has 2 rings (SSSR count). The van der Waals surface area contributed by atoms with Gasteiger partial charge >= 0.3 is 0 Å². The molecule has 0 aliphatic rings. The van der Waals surface area contributed by atoms with E-state index in [4.69, 9.17) is 11.5 Å². The van der Waals surface area contributed by atoms with Crippen LogP contribution in [0.15, 0.2) is 29.6 Å². The maximum atomic E-state index is 5.91. The number of hydrogen-bond acceptors (Lipinski definition) is 3. The smallest absolute Gasteiger partial charge is 0.0422 e. The van der Waals surface area contributed by atoms with E-state index in [1.165, 1.54) is 10.4 Å². The molecule has 2 nitrogen and oxygen atoms in total. The summed E-state index contributed by atoms with van der Waals surface area (Å²) in [6.45, 7) is 2.08. The van der Waals surface area contributed by atoms with Crippen LogP contribution in [0.4, 0.5) is 11.4 Å². The van der Waals surface area contributed by atoms with E-state index in [0.29, 0.717) is 5.69 Å². The second-order valence-corrected chi connectivity index (χ2v) is 4.20. The average molecular weight is 241 g/mol. The average Bonchev–Trinajstić information content (AvgIpc) is 2.52. The summed E-state index contributed by atoms with van der Waals surface area (Å²) in [6.07, 6.45) is 0. The number of nitrogens with two attached hydrogens (primary N) is 2. The maximum Gasteiger partial charge on any atom is 0.0422 e. The van der Waals surface area contributed by atoms with Gasteiger partial charge in [0.25, 0.3) is 0 Å². The number of rotatable bonds is 1. The zero-order valence-electron chi connectivity index (χ0n) is 8.36. The van der Waals surface area contributed by atoms with E-state index in [1.807, 2.05) is 12.1 Å². The van der Waals surface area contributed by atoms with Crippen molar-refractivity contribution in [2.45, 2.75) is 6.92 Å². The number of benzene rings is 1. The fourth-order valence-electron chi connectivity index (χ4n) is 1.44. The van der Waals surface area contributed by atoms with Crippen LogP contribution < -0.4 is 11.5 Å². The highest BCUT2D eigenvalue weighted by Crippen LogP contribution is 2.33. The van der Waals surface area contributed by atoms with Crippen molar-refractivity contribution in [3.63, 3.8) is 0 Å². The van der Waals surface area contributed by atoms with Gasteiger partial charge in [-0.15, -0.1) is 23.7 Å². The van der Waals surface area contributed by atoms with E-state index >= 15 is 0 Å². The van der Waals surface area contributed by atoms with Crippen LogP contribution in [0.1, 0.15) is 5.56 Å². The molecule has 15 heavy (non-hydrogen) atoms. The standard InChI is InChI=1S/C11H12N2S.ClH/c1-7-4-5-14-11(7)9-3-2-8(12)6-10(9)13;/h2-6H,12-13H2,1H3;1H. The fraction of sp³-hybridized carbons (Fsp3) is 0.0909. The third-order valence-corrected chi connectivity index (χ3v) is 3.23. The molecule has 1 aromatic heterocycles. The Morgan fingerprint density at radius 3 is 2.40 bits per heavy atom. The van der Waals surface area contributed by atoms with Gasteiger partial charge in [0.15, 0.2) is 0 Å². The third kappa shape index (κ3) is 2.25. The predicted octanol–water partition coefficient (Wildman–Crippen LogP) is 3.31. The fourth-order valence-corrected chi connectivity index (χ4v) is 2.41. The molecule has 0 bridgehead atoms. The van der Waals surface area contributed by atoms with Crippen molar-refractivity contribution < 1.29 is 0 Å². The summed E-state index contributed by atoms with van der Waals surface area (Å²) in [7, 11) is 0. The molecular formula is C11H13ClN2S. The molecule has 2 aromatic rings. The Hall–Kier alpha value is -1.19. The van der Waals surface area contributed by atoms with Gasteiger partial charge in [-0.05, 0) is 42.1 Å². The Labute approximate surface area is 99.3 Å². The summed E-state index contributed by atoms with van der Waals surface area (Å²) in [4.78, 5) is 1.22. The van der Waals surface area contributed by atoms with Crippen molar-refractivity contribution in [1.82, 2.24) is 0 Å². The number of anilines is 2. The number of nitrogen functional groups attached to an aromatic ring is 2. The molecule has 0 saturated carbocycles. The topological polar surface area (TPSA) is 52.0 Å². The van der Waals surface area contributed by atoms with Gasteiger partial charge in [-0.2, -0.15) is 0 Å². The minimum Gasteiger partial charge on any atom is -0.399 e. The lowest BCUT2D eigenvalue weighted by atomic mass is 10.1. The monoisotopic (exact) mass is 240 g/mol. The SMILES string of the molecule is Cc1ccsc1-c1ccc(N)cc1N.Cl. The molecule has 80 valence electrons. The van der Waals surface area contributed by atoms with Crippen LogP contribution in [-0.4, -0.2) is 0 Å². The van der Waals surface area contributed by atoms with Crippen molar-refractivity contribution in [2.75, 3.05) is 11.5 Å². The largest absolute Gasteiger partial charge is 0.399 e. The normalized spacial score (nSPS) is 9.67. The minimum absolute atomic E-state index is 0. The molecule has 4 N–H and O–H groups in total. The van der Waals surface area contributed by atoms with Crippen LogP contribution in [0.5, 0.6) is 0 Å². The first kappa shape index (κ1) is 11.9. The van der Waals surface area contributed by atoms with Gasteiger partial charge in [0.2, 0.25) is 0 Å². The van der Waals surface area contributed by atoms with Gasteiger partial charge in [-0.3, -0.25) is 0 Å². The molecule has 1 aromatic carbocycles. The van der Waals surface area contributed by atoms with Crippen LogP contribution in [0.3, 0.4) is 0 Å². The minimum atomic E-state index is 0. The Morgan fingerprint density at radius 1 is 1.13 bits per heavy atom. The zero-order valence-corrected chi connectivity index (χ0v) is 9.99. The van der Waals surface area contributed by atoms with Crippen molar-refractivity contribution in [1.29, 1.82) is 0 Å². The summed E-state index contributed by atoms with van der Waals surface area (Å²) in [6, 6.07) is 7.75. The summed E-state index contributed by atoms with van der Waals surface area (Å²) >= 11 is 1.70. The van der Waals surface area contributed by atoms with E-state index in [9.17, 15) is 0 Å². The molecule has 0 spiro atoms. The Morgan fingerprint density at radius 2 is 1.87 bits per heavy atom. The maximum absolute atomic E-state index is 5.91. The number of hydrogen-bond donors (Lipinski definition) is 2. The molecule has 0 atom stereocenters. The Balaban J connectivity index is 0.00000112. The van der Waals surface area contributed by atoms with Crippen LogP contribution in [0.2, 0.25) is 0 Å². The number of aryl methyl sites for hydroxylation is 1. The molecule has 0 amide bonds. The van der Waals surface area contributed by atoms with Crippen LogP contribution >= 0.6 is 23.7 Å². The highest BCUT2D eigenvalue weighted by molar-refractivity contribution is 7.13. The van der Waals surface area contributed by atoms with E-state index in [2.05, 4.69) is 18.4 Å². The summed E-state index contributed by atoms with van der Waals surface area (Å²) in [5, 5.41) is 2.07.